The van der Waals surface area contributed by atoms with Crippen LogP contribution in [0.15, 0.2) is 95.9 Å². The molecule has 3 aromatic rings. The first-order valence-corrected chi connectivity index (χ1v) is 9.13. The molecule has 0 fully saturated rings. The van der Waals surface area contributed by atoms with Gasteiger partial charge in [-0.1, -0.05) is 78.9 Å². The smallest absolute Gasteiger partial charge is 0.324 e. The second-order valence-corrected chi connectivity index (χ2v) is 6.80. The van der Waals surface area contributed by atoms with Crippen LogP contribution in [0.1, 0.15) is 21.2 Å². The first-order chi connectivity index (χ1) is 12.7. The number of thioether (sulfide) groups is 1. The molecule has 0 aliphatic rings. The summed E-state index contributed by atoms with van der Waals surface area (Å²) < 4.78 is 5.34. The van der Waals surface area contributed by atoms with Gasteiger partial charge in [0.2, 0.25) is 0 Å². The third kappa shape index (κ3) is 4.83. The summed E-state index contributed by atoms with van der Waals surface area (Å²) in [6.07, 6.45) is 0. The Bertz CT molecular complexity index is 848. The van der Waals surface area contributed by atoms with E-state index in [1.54, 1.807) is 24.3 Å². The summed E-state index contributed by atoms with van der Waals surface area (Å²) in [5, 5.41) is -0.526. The molecule has 130 valence electrons. The van der Waals surface area contributed by atoms with Crippen LogP contribution in [0.3, 0.4) is 0 Å². The quantitative estimate of drug-likeness (QED) is 0.339. The highest BCUT2D eigenvalue weighted by Gasteiger charge is 2.24. The summed E-state index contributed by atoms with van der Waals surface area (Å²) in [5.74, 6) is -0.634. The van der Waals surface area contributed by atoms with E-state index in [1.165, 1.54) is 11.8 Å². The Morgan fingerprint density at radius 2 is 1.31 bits per heavy atom. The van der Waals surface area contributed by atoms with Crippen LogP contribution in [0.25, 0.3) is 0 Å². The predicted molar refractivity (Wildman–Crippen MR) is 103 cm³/mol. The van der Waals surface area contributed by atoms with Gasteiger partial charge in [0.05, 0.1) is 0 Å². The second kappa shape index (κ2) is 9.02. The molecule has 0 heterocycles. The zero-order valence-electron chi connectivity index (χ0n) is 14.1. The zero-order chi connectivity index (χ0) is 18.2. The van der Waals surface area contributed by atoms with E-state index in [0.717, 1.165) is 10.5 Å². The molecule has 0 aliphatic heterocycles. The van der Waals surface area contributed by atoms with E-state index in [0.29, 0.717) is 5.56 Å². The molecule has 1 unspecified atom stereocenters. The SMILES string of the molecule is O=C(COC(=O)C(Sc1ccccc1)c1ccccc1)c1ccccc1. The molecule has 0 radical (unpaired) electrons. The van der Waals surface area contributed by atoms with E-state index < -0.39 is 11.2 Å². The molecule has 0 saturated heterocycles. The molecule has 4 heteroatoms. The zero-order valence-corrected chi connectivity index (χ0v) is 14.9. The first kappa shape index (κ1) is 18.0. The molecule has 0 saturated carbocycles. The summed E-state index contributed by atoms with van der Waals surface area (Å²) in [6.45, 7) is -0.262. The number of ketones is 1. The van der Waals surface area contributed by atoms with Crippen LogP contribution in [0.4, 0.5) is 0 Å². The average Bonchev–Trinajstić information content (AvgIpc) is 2.72. The van der Waals surface area contributed by atoms with Gasteiger partial charge in [-0.05, 0) is 17.7 Å². The van der Waals surface area contributed by atoms with Crippen molar-refractivity contribution in [2.75, 3.05) is 6.61 Å². The molecule has 3 nitrogen and oxygen atoms in total. The highest BCUT2D eigenvalue weighted by molar-refractivity contribution is 8.00. The number of hydrogen-bond donors (Lipinski definition) is 0. The van der Waals surface area contributed by atoms with Gasteiger partial charge in [-0.2, -0.15) is 0 Å². The molecule has 0 bridgehead atoms. The van der Waals surface area contributed by atoms with E-state index in [1.807, 2.05) is 66.7 Å². The maximum absolute atomic E-state index is 12.7. The van der Waals surface area contributed by atoms with Gasteiger partial charge in [0.25, 0.3) is 0 Å². The maximum Gasteiger partial charge on any atom is 0.324 e. The molecular formula is C22H18O3S. The molecule has 0 aromatic heterocycles. The van der Waals surface area contributed by atoms with Gasteiger partial charge in [0.15, 0.2) is 12.4 Å². The number of ether oxygens (including phenoxy) is 1. The van der Waals surface area contributed by atoms with Crippen LogP contribution in [-0.2, 0) is 9.53 Å². The monoisotopic (exact) mass is 362 g/mol. The van der Waals surface area contributed by atoms with Crippen LogP contribution >= 0.6 is 11.8 Å². The number of carbonyl (C=O) groups is 2. The fourth-order valence-corrected chi connectivity index (χ4v) is 3.48. The Morgan fingerprint density at radius 1 is 0.769 bits per heavy atom. The Hall–Kier alpha value is -2.85. The van der Waals surface area contributed by atoms with Crippen LogP contribution in [0.2, 0.25) is 0 Å². The normalized spacial score (nSPS) is 11.5. The number of benzene rings is 3. The van der Waals surface area contributed by atoms with Gasteiger partial charge in [-0.25, -0.2) is 0 Å². The van der Waals surface area contributed by atoms with Crippen LogP contribution in [-0.4, -0.2) is 18.4 Å². The minimum atomic E-state index is -0.526. The number of hydrogen-bond acceptors (Lipinski definition) is 4. The second-order valence-electron chi connectivity index (χ2n) is 5.62. The lowest BCUT2D eigenvalue weighted by atomic mass is 10.1. The molecule has 0 aliphatic carbocycles. The lowest BCUT2D eigenvalue weighted by Gasteiger charge is -2.16. The number of Topliss-reactive ketones (excluding diaryl/α,β-unsaturated/α-hetero) is 1. The van der Waals surface area contributed by atoms with Crippen molar-refractivity contribution in [3.05, 3.63) is 102 Å². The van der Waals surface area contributed by atoms with Crippen molar-refractivity contribution < 1.29 is 14.3 Å². The molecule has 0 amide bonds. The fourth-order valence-electron chi connectivity index (χ4n) is 2.43. The Labute approximate surface area is 157 Å². The van der Waals surface area contributed by atoms with Crippen LogP contribution in [0.5, 0.6) is 0 Å². The van der Waals surface area contributed by atoms with Crippen molar-refractivity contribution in [3.63, 3.8) is 0 Å². The van der Waals surface area contributed by atoms with Crippen molar-refractivity contribution in [2.45, 2.75) is 10.1 Å². The molecule has 1 atom stereocenters. The van der Waals surface area contributed by atoms with E-state index in [4.69, 9.17) is 4.74 Å². The third-order valence-corrected chi connectivity index (χ3v) is 5.00. The number of rotatable bonds is 7. The summed E-state index contributed by atoms with van der Waals surface area (Å²) in [6, 6.07) is 28.0. The standard InChI is InChI=1S/C22H18O3S/c23-20(17-10-4-1-5-11-17)16-25-22(24)21(18-12-6-2-7-13-18)26-19-14-8-3-9-15-19/h1-15,21H,16H2. The highest BCUT2D eigenvalue weighted by atomic mass is 32.2. The van der Waals surface area contributed by atoms with Gasteiger partial charge < -0.3 is 4.74 Å². The summed E-state index contributed by atoms with van der Waals surface area (Å²) in [4.78, 5) is 25.8. The molecule has 3 rings (SSSR count). The van der Waals surface area contributed by atoms with Crippen molar-refractivity contribution in [3.8, 4) is 0 Å². The van der Waals surface area contributed by atoms with Crippen molar-refractivity contribution in [2.24, 2.45) is 0 Å². The van der Waals surface area contributed by atoms with E-state index in [2.05, 4.69) is 0 Å². The molecule has 0 spiro atoms. The lowest BCUT2D eigenvalue weighted by Crippen LogP contribution is -2.18. The van der Waals surface area contributed by atoms with Gasteiger partial charge in [0, 0.05) is 10.5 Å². The van der Waals surface area contributed by atoms with Crippen LogP contribution in [0, 0.1) is 0 Å². The minimum Gasteiger partial charge on any atom is -0.456 e. The van der Waals surface area contributed by atoms with Gasteiger partial charge >= 0.3 is 5.97 Å². The minimum absolute atomic E-state index is 0.213. The predicted octanol–water partition coefficient (Wildman–Crippen LogP) is 4.95. The van der Waals surface area contributed by atoms with Crippen LogP contribution < -0.4 is 0 Å². The molecule has 26 heavy (non-hydrogen) atoms. The van der Waals surface area contributed by atoms with E-state index in [-0.39, 0.29) is 12.4 Å². The topological polar surface area (TPSA) is 43.4 Å². The summed E-state index contributed by atoms with van der Waals surface area (Å²) in [5.41, 5.74) is 1.38. The number of esters is 1. The van der Waals surface area contributed by atoms with Crippen molar-refractivity contribution in [1.82, 2.24) is 0 Å². The average molecular weight is 362 g/mol. The van der Waals surface area contributed by atoms with Crippen molar-refractivity contribution >= 4 is 23.5 Å². The maximum atomic E-state index is 12.7. The van der Waals surface area contributed by atoms with E-state index in [9.17, 15) is 9.59 Å². The lowest BCUT2D eigenvalue weighted by molar-refractivity contribution is -0.142. The van der Waals surface area contributed by atoms with Gasteiger partial charge in [-0.3, -0.25) is 9.59 Å². The van der Waals surface area contributed by atoms with E-state index >= 15 is 0 Å². The third-order valence-electron chi connectivity index (χ3n) is 3.75. The number of carbonyl (C=O) groups excluding carboxylic acids is 2. The summed E-state index contributed by atoms with van der Waals surface area (Å²) >= 11 is 1.41. The largest absolute Gasteiger partial charge is 0.456 e. The molecule has 0 N–H and O–H groups in total. The van der Waals surface area contributed by atoms with Gasteiger partial charge in [-0.15, -0.1) is 11.8 Å². The fraction of sp³-hybridized carbons (Fsp3) is 0.0909. The Balaban J connectivity index is 1.72. The molecule has 3 aromatic carbocycles. The van der Waals surface area contributed by atoms with Crippen molar-refractivity contribution in [1.29, 1.82) is 0 Å². The first-order valence-electron chi connectivity index (χ1n) is 8.25. The molecular weight excluding hydrogens is 344 g/mol. The Morgan fingerprint density at radius 3 is 1.92 bits per heavy atom. The highest BCUT2D eigenvalue weighted by Crippen LogP contribution is 2.36. The Kier molecular flexibility index (Phi) is 6.23. The summed E-state index contributed by atoms with van der Waals surface area (Å²) in [7, 11) is 0. The van der Waals surface area contributed by atoms with Gasteiger partial charge in [0.1, 0.15) is 5.25 Å².